The van der Waals surface area contributed by atoms with E-state index in [0.717, 1.165) is 18.8 Å². The topological polar surface area (TPSA) is 54.5 Å². The number of benzene rings is 1. The normalized spacial score (nSPS) is 14.6. The lowest BCUT2D eigenvalue weighted by atomic mass is 10.1. The van der Waals surface area contributed by atoms with Gasteiger partial charge in [0, 0.05) is 45.0 Å². The largest absolute Gasteiger partial charge is 0.460 e. The minimum atomic E-state index is 0.0176. The molecule has 0 spiro atoms. The Morgan fingerprint density at radius 2 is 1.78 bits per heavy atom. The summed E-state index contributed by atoms with van der Waals surface area (Å²) in [4.78, 5) is 17.2. The molecule has 0 radical (unpaired) electrons. The van der Waals surface area contributed by atoms with Crippen LogP contribution < -0.4 is 4.90 Å². The van der Waals surface area contributed by atoms with Gasteiger partial charge in [0.1, 0.15) is 17.1 Å². The summed E-state index contributed by atoms with van der Waals surface area (Å²) in [6.45, 7) is 7.09. The number of piperazine rings is 1. The number of nitrogens with zero attached hydrogens (tertiary/aromatic N) is 4. The molecule has 0 unspecified atom stereocenters. The van der Waals surface area contributed by atoms with E-state index in [-0.39, 0.29) is 5.91 Å². The van der Waals surface area contributed by atoms with Crippen molar-refractivity contribution in [3.8, 4) is 11.5 Å². The van der Waals surface area contributed by atoms with Gasteiger partial charge in [0.15, 0.2) is 5.76 Å². The predicted molar refractivity (Wildman–Crippen MR) is 105 cm³/mol. The lowest BCUT2D eigenvalue weighted by molar-refractivity contribution is 0.0735. The molecule has 0 N–H and O–H groups in total. The molecule has 2 aromatic heterocycles. The van der Waals surface area contributed by atoms with Crippen LogP contribution in [0.25, 0.3) is 11.5 Å². The Balaban J connectivity index is 1.47. The van der Waals surface area contributed by atoms with Crippen LogP contribution in [-0.2, 0) is 7.05 Å². The number of carbonyl (C=O) groups is 1. The number of aryl methyl sites for hydroxylation is 3. The second kappa shape index (κ2) is 6.95. The highest BCUT2D eigenvalue weighted by atomic mass is 16.3. The van der Waals surface area contributed by atoms with E-state index < -0.39 is 0 Å². The Morgan fingerprint density at radius 3 is 2.44 bits per heavy atom. The van der Waals surface area contributed by atoms with Crippen LogP contribution in [0.1, 0.15) is 21.8 Å². The number of para-hydroxylation sites is 1. The van der Waals surface area contributed by atoms with E-state index in [1.807, 2.05) is 30.0 Å². The third kappa shape index (κ3) is 3.35. The van der Waals surface area contributed by atoms with Gasteiger partial charge in [0.05, 0.1) is 0 Å². The Hall–Kier alpha value is -3.02. The van der Waals surface area contributed by atoms with Crippen molar-refractivity contribution in [2.24, 2.45) is 7.05 Å². The van der Waals surface area contributed by atoms with Crippen LogP contribution in [0.4, 0.5) is 5.69 Å². The van der Waals surface area contributed by atoms with Crippen LogP contribution in [-0.4, -0.2) is 46.8 Å². The molecule has 0 bridgehead atoms. The number of amides is 1. The Bertz CT molecular complexity index is 964. The highest BCUT2D eigenvalue weighted by molar-refractivity contribution is 5.93. The van der Waals surface area contributed by atoms with Crippen molar-refractivity contribution in [1.82, 2.24) is 14.7 Å². The molecule has 1 amide bonds. The minimum absolute atomic E-state index is 0.0176. The van der Waals surface area contributed by atoms with Gasteiger partial charge in [-0.1, -0.05) is 18.2 Å². The van der Waals surface area contributed by atoms with Crippen LogP contribution in [0.5, 0.6) is 0 Å². The maximum Gasteiger partial charge on any atom is 0.272 e. The maximum atomic E-state index is 13.0. The number of rotatable bonds is 3. The second-order valence-corrected chi connectivity index (χ2v) is 7.01. The second-order valence-electron chi connectivity index (χ2n) is 7.01. The van der Waals surface area contributed by atoms with E-state index in [9.17, 15) is 4.79 Å². The van der Waals surface area contributed by atoms with Crippen molar-refractivity contribution in [3.05, 3.63) is 59.5 Å². The van der Waals surface area contributed by atoms with Crippen LogP contribution in [0.15, 0.2) is 46.9 Å². The quantitative estimate of drug-likeness (QED) is 0.716. The molecule has 1 saturated heterocycles. The third-order valence-electron chi connectivity index (χ3n) is 5.11. The smallest absolute Gasteiger partial charge is 0.272 e. The number of furan rings is 1. The van der Waals surface area contributed by atoms with Gasteiger partial charge >= 0.3 is 0 Å². The fourth-order valence-electron chi connectivity index (χ4n) is 3.59. The first-order valence-corrected chi connectivity index (χ1v) is 9.23. The third-order valence-corrected chi connectivity index (χ3v) is 5.11. The fourth-order valence-corrected chi connectivity index (χ4v) is 3.59. The molecule has 4 rings (SSSR count). The Morgan fingerprint density at radius 1 is 1.04 bits per heavy atom. The molecular formula is C21H24N4O2. The Kier molecular flexibility index (Phi) is 4.48. The van der Waals surface area contributed by atoms with Gasteiger partial charge in [-0.3, -0.25) is 9.48 Å². The van der Waals surface area contributed by atoms with Crippen LogP contribution in [0, 0.1) is 13.8 Å². The SMILES string of the molecule is Cc1ccc(-c2cc(C(=O)N3CCN(c4ccccc4C)CC3)n(C)n2)o1. The summed E-state index contributed by atoms with van der Waals surface area (Å²) in [5, 5.41) is 4.45. The van der Waals surface area contributed by atoms with Gasteiger partial charge in [-0.2, -0.15) is 5.10 Å². The number of hydrogen-bond donors (Lipinski definition) is 0. The van der Waals surface area contributed by atoms with Gasteiger partial charge in [-0.25, -0.2) is 0 Å². The van der Waals surface area contributed by atoms with E-state index in [1.54, 1.807) is 11.7 Å². The number of carbonyl (C=O) groups excluding carboxylic acids is 1. The van der Waals surface area contributed by atoms with Crippen LogP contribution in [0.2, 0.25) is 0 Å². The van der Waals surface area contributed by atoms with Gasteiger partial charge < -0.3 is 14.2 Å². The number of anilines is 1. The minimum Gasteiger partial charge on any atom is -0.460 e. The van der Waals surface area contributed by atoms with Gasteiger partial charge in [-0.05, 0) is 37.6 Å². The van der Waals surface area contributed by atoms with Crippen LogP contribution >= 0.6 is 0 Å². The first-order valence-electron chi connectivity index (χ1n) is 9.23. The Labute approximate surface area is 159 Å². The van der Waals surface area contributed by atoms with Crippen molar-refractivity contribution in [2.45, 2.75) is 13.8 Å². The van der Waals surface area contributed by atoms with E-state index in [2.05, 4.69) is 41.2 Å². The van der Waals surface area contributed by atoms with Crippen molar-refractivity contribution in [2.75, 3.05) is 31.1 Å². The monoisotopic (exact) mass is 364 g/mol. The molecule has 1 fully saturated rings. The van der Waals surface area contributed by atoms with Crippen molar-refractivity contribution in [3.63, 3.8) is 0 Å². The molecule has 3 heterocycles. The molecule has 140 valence electrons. The standard InChI is InChI=1S/C21H24N4O2/c1-15-6-4-5-7-18(15)24-10-12-25(13-11-24)21(26)19-14-17(22-23(19)3)20-9-8-16(2)27-20/h4-9,14H,10-13H2,1-3H3. The first-order chi connectivity index (χ1) is 13.0. The molecule has 0 saturated carbocycles. The molecular weight excluding hydrogens is 340 g/mol. The summed E-state index contributed by atoms with van der Waals surface area (Å²) >= 11 is 0. The molecule has 0 aliphatic carbocycles. The summed E-state index contributed by atoms with van der Waals surface area (Å²) in [6.07, 6.45) is 0. The van der Waals surface area contributed by atoms with Crippen molar-refractivity contribution >= 4 is 11.6 Å². The molecule has 1 aliphatic heterocycles. The van der Waals surface area contributed by atoms with Crippen molar-refractivity contribution < 1.29 is 9.21 Å². The summed E-state index contributed by atoms with van der Waals surface area (Å²) in [5.41, 5.74) is 3.79. The van der Waals surface area contributed by atoms with E-state index in [1.165, 1.54) is 11.3 Å². The zero-order chi connectivity index (χ0) is 19.0. The molecule has 6 heteroatoms. The summed E-state index contributed by atoms with van der Waals surface area (Å²) in [6, 6.07) is 14.0. The number of aromatic nitrogens is 2. The molecule has 3 aromatic rings. The molecule has 1 aliphatic rings. The average molecular weight is 364 g/mol. The highest BCUT2D eigenvalue weighted by Gasteiger charge is 2.25. The van der Waals surface area contributed by atoms with E-state index in [4.69, 9.17) is 4.42 Å². The van der Waals surface area contributed by atoms with Gasteiger partial charge in [0.2, 0.25) is 0 Å². The van der Waals surface area contributed by atoms with Crippen LogP contribution in [0.3, 0.4) is 0 Å². The fraction of sp³-hybridized carbons (Fsp3) is 0.333. The van der Waals surface area contributed by atoms with Crippen molar-refractivity contribution in [1.29, 1.82) is 0 Å². The summed E-state index contributed by atoms with van der Waals surface area (Å²) < 4.78 is 7.27. The zero-order valence-corrected chi connectivity index (χ0v) is 16.0. The predicted octanol–water partition coefficient (Wildman–Crippen LogP) is 3.26. The average Bonchev–Trinajstić information content (AvgIpc) is 3.27. The van der Waals surface area contributed by atoms with E-state index in [0.29, 0.717) is 30.2 Å². The zero-order valence-electron chi connectivity index (χ0n) is 16.0. The summed E-state index contributed by atoms with van der Waals surface area (Å²) in [5.74, 6) is 1.53. The molecule has 1 aromatic carbocycles. The lowest BCUT2D eigenvalue weighted by Crippen LogP contribution is -2.49. The summed E-state index contributed by atoms with van der Waals surface area (Å²) in [7, 11) is 1.80. The highest BCUT2D eigenvalue weighted by Crippen LogP contribution is 2.24. The van der Waals surface area contributed by atoms with Gasteiger partial charge in [0.25, 0.3) is 5.91 Å². The van der Waals surface area contributed by atoms with E-state index >= 15 is 0 Å². The lowest BCUT2D eigenvalue weighted by Gasteiger charge is -2.36. The molecule has 0 atom stereocenters. The molecule has 27 heavy (non-hydrogen) atoms. The van der Waals surface area contributed by atoms with Gasteiger partial charge in [-0.15, -0.1) is 0 Å². The maximum absolute atomic E-state index is 13.0. The first kappa shape index (κ1) is 17.4. The number of hydrogen-bond acceptors (Lipinski definition) is 4. The molecule has 6 nitrogen and oxygen atoms in total.